The van der Waals surface area contributed by atoms with Gasteiger partial charge in [0.2, 0.25) is 0 Å². The summed E-state index contributed by atoms with van der Waals surface area (Å²) in [6.07, 6.45) is 21.3. The average molecular weight is 383 g/mol. The Labute approximate surface area is 173 Å². The molecular weight excluding hydrogens is 340 g/mol. The van der Waals surface area contributed by atoms with Crippen molar-refractivity contribution >= 4 is 0 Å². The van der Waals surface area contributed by atoms with Crippen LogP contribution >= 0.6 is 0 Å². The predicted molar refractivity (Wildman–Crippen MR) is 119 cm³/mol. The van der Waals surface area contributed by atoms with Crippen LogP contribution in [0.5, 0.6) is 0 Å². The van der Waals surface area contributed by atoms with Gasteiger partial charge >= 0.3 is 0 Å². The van der Waals surface area contributed by atoms with Crippen LogP contribution in [-0.2, 0) is 0 Å². The first kappa shape index (κ1) is 20.3. The van der Waals surface area contributed by atoms with E-state index in [9.17, 15) is 0 Å². The molecule has 0 aromatic rings. The minimum absolute atomic E-state index is 0.474. The van der Waals surface area contributed by atoms with Crippen molar-refractivity contribution < 1.29 is 5.11 Å². The fourth-order valence-electron chi connectivity index (χ4n) is 7.98. The minimum atomic E-state index is 0.474. The Hall–Kier alpha value is -0.980. The molecule has 1 unspecified atom stereocenters. The summed E-state index contributed by atoms with van der Waals surface area (Å²) >= 11 is 0. The summed E-state index contributed by atoms with van der Waals surface area (Å²) in [7, 11) is 0. The fraction of sp³-hybridized carbons (Fsp3) is 0.778. The van der Waals surface area contributed by atoms with Crippen LogP contribution in [0.25, 0.3) is 0 Å². The molecule has 4 rings (SSSR count). The van der Waals surface area contributed by atoms with Gasteiger partial charge in [-0.15, -0.1) is 0 Å². The SMILES string of the molecule is CC(=CO)CCCC(C)[C@H]1CC[C@H]2C3=CC=C4CCCC[C@]4(C)[C@H]3CC[C@]12C. The zero-order chi connectivity index (χ0) is 19.9. The van der Waals surface area contributed by atoms with Crippen molar-refractivity contribution in [2.24, 2.45) is 34.5 Å². The molecule has 4 aliphatic carbocycles. The van der Waals surface area contributed by atoms with E-state index < -0.39 is 0 Å². The molecule has 28 heavy (non-hydrogen) atoms. The Morgan fingerprint density at radius 2 is 1.96 bits per heavy atom. The monoisotopic (exact) mass is 382 g/mol. The van der Waals surface area contributed by atoms with E-state index in [1.165, 1.54) is 70.5 Å². The van der Waals surface area contributed by atoms with Gasteiger partial charge in [-0.05, 0) is 105 Å². The van der Waals surface area contributed by atoms with Crippen molar-refractivity contribution in [3.8, 4) is 0 Å². The van der Waals surface area contributed by atoms with Gasteiger partial charge in [0.05, 0.1) is 6.26 Å². The summed E-state index contributed by atoms with van der Waals surface area (Å²) in [4.78, 5) is 0. The van der Waals surface area contributed by atoms with Crippen molar-refractivity contribution in [2.75, 3.05) is 0 Å². The van der Waals surface area contributed by atoms with Gasteiger partial charge in [-0.2, -0.15) is 0 Å². The largest absolute Gasteiger partial charge is 0.516 e. The molecular formula is C27H42O. The van der Waals surface area contributed by atoms with E-state index in [0.717, 1.165) is 35.7 Å². The van der Waals surface area contributed by atoms with Gasteiger partial charge in [-0.3, -0.25) is 0 Å². The van der Waals surface area contributed by atoms with Gasteiger partial charge in [0.1, 0.15) is 0 Å². The highest BCUT2D eigenvalue weighted by molar-refractivity contribution is 5.38. The molecule has 0 saturated heterocycles. The molecule has 0 spiro atoms. The maximum absolute atomic E-state index is 9.15. The molecule has 1 N–H and O–H groups in total. The van der Waals surface area contributed by atoms with Crippen molar-refractivity contribution in [1.29, 1.82) is 0 Å². The van der Waals surface area contributed by atoms with Crippen LogP contribution in [0, 0.1) is 34.5 Å². The highest BCUT2D eigenvalue weighted by atomic mass is 16.2. The number of fused-ring (bicyclic) bond motifs is 5. The first-order valence-electron chi connectivity index (χ1n) is 12.1. The lowest BCUT2D eigenvalue weighted by atomic mass is 9.50. The molecule has 0 aromatic carbocycles. The molecule has 0 heterocycles. The minimum Gasteiger partial charge on any atom is -0.516 e. The normalized spacial score (nSPS) is 41.4. The van der Waals surface area contributed by atoms with E-state index in [0.29, 0.717) is 10.8 Å². The molecule has 0 aliphatic heterocycles. The number of hydrogen-bond acceptors (Lipinski definition) is 1. The molecule has 1 heteroatoms. The molecule has 6 atom stereocenters. The summed E-state index contributed by atoms with van der Waals surface area (Å²) in [5, 5.41) is 9.15. The van der Waals surface area contributed by atoms with E-state index in [4.69, 9.17) is 5.11 Å². The number of aliphatic hydroxyl groups is 1. The Kier molecular flexibility index (Phi) is 5.58. The van der Waals surface area contributed by atoms with Crippen LogP contribution < -0.4 is 0 Å². The number of rotatable bonds is 5. The van der Waals surface area contributed by atoms with E-state index in [-0.39, 0.29) is 0 Å². The molecule has 0 bridgehead atoms. The maximum atomic E-state index is 9.15. The van der Waals surface area contributed by atoms with Crippen LogP contribution in [0.2, 0.25) is 0 Å². The third kappa shape index (κ3) is 3.21. The molecule has 1 nitrogen and oxygen atoms in total. The highest BCUT2D eigenvalue weighted by Gasteiger charge is 2.56. The molecule has 0 radical (unpaired) electrons. The fourth-order valence-corrected chi connectivity index (χ4v) is 7.98. The summed E-state index contributed by atoms with van der Waals surface area (Å²) in [6.45, 7) is 9.80. The Morgan fingerprint density at radius 3 is 2.75 bits per heavy atom. The van der Waals surface area contributed by atoms with Gasteiger partial charge in [0.25, 0.3) is 0 Å². The molecule has 4 aliphatic rings. The summed E-state index contributed by atoms with van der Waals surface area (Å²) in [5.74, 6) is 3.34. The van der Waals surface area contributed by atoms with Gasteiger partial charge in [-0.25, -0.2) is 0 Å². The van der Waals surface area contributed by atoms with E-state index in [2.05, 4.69) is 32.9 Å². The second-order valence-electron chi connectivity index (χ2n) is 11.2. The van der Waals surface area contributed by atoms with E-state index in [1.54, 1.807) is 5.57 Å². The lowest BCUT2D eigenvalue weighted by Crippen LogP contribution is -2.45. The first-order valence-corrected chi connectivity index (χ1v) is 12.1. The quantitative estimate of drug-likeness (QED) is 0.476. The molecule has 0 amide bonds. The number of aliphatic hydroxyl groups excluding tert-OH is 1. The molecule has 3 saturated carbocycles. The second kappa shape index (κ2) is 7.69. The standard InChI is InChI=1S/C27H42O/c1-19(18-28)8-7-9-20(2)23-13-14-24-22-12-11-21-10-5-6-16-26(21,3)25(22)15-17-27(23,24)4/h11-12,18,20,23-25,28H,5-10,13-17H2,1-4H3/t20?,23-,24+,25+,26+,27-/m1/s1. The van der Waals surface area contributed by atoms with Crippen LogP contribution in [0.4, 0.5) is 0 Å². The topological polar surface area (TPSA) is 20.2 Å². The summed E-state index contributed by atoms with van der Waals surface area (Å²) < 4.78 is 0. The molecule has 3 fully saturated rings. The maximum Gasteiger partial charge on any atom is 0.0780 e. The van der Waals surface area contributed by atoms with Crippen LogP contribution in [0.3, 0.4) is 0 Å². The van der Waals surface area contributed by atoms with Gasteiger partial charge in [0, 0.05) is 0 Å². The Balaban J connectivity index is 1.50. The smallest absolute Gasteiger partial charge is 0.0780 e. The Bertz CT molecular complexity index is 682. The summed E-state index contributed by atoms with van der Waals surface area (Å²) in [5.41, 5.74) is 5.72. The number of allylic oxidation sites excluding steroid dienone is 5. The summed E-state index contributed by atoms with van der Waals surface area (Å²) in [6, 6.07) is 0. The molecule has 156 valence electrons. The van der Waals surface area contributed by atoms with Gasteiger partial charge in [0.15, 0.2) is 0 Å². The van der Waals surface area contributed by atoms with Gasteiger partial charge < -0.3 is 5.11 Å². The Morgan fingerprint density at radius 1 is 1.14 bits per heavy atom. The highest BCUT2D eigenvalue weighted by Crippen LogP contribution is 2.66. The van der Waals surface area contributed by atoms with Crippen molar-refractivity contribution in [3.63, 3.8) is 0 Å². The third-order valence-corrected chi connectivity index (χ3v) is 9.70. The van der Waals surface area contributed by atoms with Crippen LogP contribution in [0.1, 0.15) is 98.3 Å². The lowest BCUT2D eigenvalue weighted by molar-refractivity contribution is 0.0479. The van der Waals surface area contributed by atoms with Crippen molar-refractivity contribution in [2.45, 2.75) is 98.3 Å². The first-order chi connectivity index (χ1) is 13.4. The van der Waals surface area contributed by atoms with Crippen LogP contribution in [0.15, 0.2) is 35.1 Å². The van der Waals surface area contributed by atoms with Crippen molar-refractivity contribution in [3.05, 3.63) is 35.1 Å². The molecule has 0 aromatic heterocycles. The third-order valence-electron chi connectivity index (χ3n) is 9.70. The average Bonchev–Trinajstić information content (AvgIpc) is 3.04. The lowest BCUT2D eigenvalue weighted by Gasteiger charge is -2.54. The van der Waals surface area contributed by atoms with E-state index in [1.807, 2.05) is 12.5 Å². The second-order valence-corrected chi connectivity index (χ2v) is 11.2. The zero-order valence-corrected chi connectivity index (χ0v) is 18.8. The number of hydrogen-bond donors (Lipinski definition) is 1. The van der Waals surface area contributed by atoms with Crippen LogP contribution in [-0.4, -0.2) is 5.11 Å². The van der Waals surface area contributed by atoms with Crippen molar-refractivity contribution in [1.82, 2.24) is 0 Å². The van der Waals surface area contributed by atoms with Gasteiger partial charge in [-0.1, -0.05) is 56.9 Å². The predicted octanol–water partition coefficient (Wildman–Crippen LogP) is 8.14. The zero-order valence-electron chi connectivity index (χ0n) is 18.8. The van der Waals surface area contributed by atoms with E-state index >= 15 is 0 Å².